The number of ether oxygens (including phenoxy) is 1. The van der Waals surface area contributed by atoms with Gasteiger partial charge in [0.1, 0.15) is 23.8 Å². The van der Waals surface area contributed by atoms with Crippen LogP contribution in [0, 0.1) is 5.82 Å². The van der Waals surface area contributed by atoms with Crippen LogP contribution in [0.15, 0.2) is 30.0 Å². The molecule has 0 spiro atoms. The topological polar surface area (TPSA) is 46.5 Å². The maximum absolute atomic E-state index is 12.8. The summed E-state index contributed by atoms with van der Waals surface area (Å²) in [6.07, 6.45) is 0. The fourth-order valence-electron chi connectivity index (χ4n) is 1.32. The second-order valence-corrected chi connectivity index (χ2v) is 2.91. The van der Waals surface area contributed by atoms with E-state index in [2.05, 4.69) is 4.74 Å². The lowest BCUT2D eigenvalue weighted by atomic mass is 10.1. The average molecular weight is 194 g/mol. The number of carbonyl (C=O) groups is 1. The van der Waals surface area contributed by atoms with Crippen molar-refractivity contribution in [1.29, 1.82) is 0 Å². The first-order chi connectivity index (χ1) is 6.68. The molecular formula is C10H7FO3. The van der Waals surface area contributed by atoms with E-state index in [1.54, 1.807) is 6.07 Å². The minimum atomic E-state index is -0.617. The standard InChI is InChI=1S/C10H7FO3/c11-7-3-1-2-6(4-7)9-8(12)5-14-10(9)13/h1-4,12H,5H2. The second kappa shape index (κ2) is 3.14. The molecule has 72 valence electrons. The Morgan fingerprint density at radius 3 is 2.79 bits per heavy atom. The van der Waals surface area contributed by atoms with Gasteiger partial charge in [-0.1, -0.05) is 12.1 Å². The van der Waals surface area contributed by atoms with E-state index in [1.807, 2.05) is 0 Å². The van der Waals surface area contributed by atoms with Crippen molar-refractivity contribution < 1.29 is 19.0 Å². The van der Waals surface area contributed by atoms with Crippen LogP contribution in [0.25, 0.3) is 5.57 Å². The largest absolute Gasteiger partial charge is 0.508 e. The van der Waals surface area contributed by atoms with Crippen molar-refractivity contribution in [1.82, 2.24) is 0 Å². The highest BCUT2D eigenvalue weighted by atomic mass is 19.1. The summed E-state index contributed by atoms with van der Waals surface area (Å²) in [6.45, 7) is -0.134. The monoisotopic (exact) mass is 194 g/mol. The van der Waals surface area contributed by atoms with Gasteiger partial charge < -0.3 is 9.84 Å². The van der Waals surface area contributed by atoms with Gasteiger partial charge in [-0.15, -0.1) is 0 Å². The minimum Gasteiger partial charge on any atom is -0.508 e. The van der Waals surface area contributed by atoms with Gasteiger partial charge in [0.15, 0.2) is 0 Å². The fraction of sp³-hybridized carbons (Fsp3) is 0.100. The molecule has 1 aliphatic heterocycles. The Balaban J connectivity index is 2.49. The highest BCUT2D eigenvalue weighted by molar-refractivity contribution is 6.18. The molecule has 0 unspecified atom stereocenters. The molecule has 0 fully saturated rings. The van der Waals surface area contributed by atoms with Crippen LogP contribution in [0.4, 0.5) is 4.39 Å². The Kier molecular flexibility index (Phi) is 1.96. The third-order valence-electron chi connectivity index (χ3n) is 1.95. The van der Waals surface area contributed by atoms with Gasteiger partial charge in [-0.05, 0) is 17.7 Å². The number of hydrogen-bond donors (Lipinski definition) is 1. The highest BCUT2D eigenvalue weighted by Gasteiger charge is 2.26. The number of carbonyl (C=O) groups excluding carboxylic acids is 1. The summed E-state index contributed by atoms with van der Waals surface area (Å²) in [5.41, 5.74) is 0.384. The Morgan fingerprint density at radius 2 is 2.21 bits per heavy atom. The molecule has 1 heterocycles. The Hall–Kier alpha value is -1.84. The molecule has 0 aliphatic carbocycles. The molecule has 2 rings (SSSR count). The summed E-state index contributed by atoms with van der Waals surface area (Å²) in [5, 5.41) is 9.32. The first kappa shape index (κ1) is 8.74. The van der Waals surface area contributed by atoms with Crippen LogP contribution in [0.3, 0.4) is 0 Å². The van der Waals surface area contributed by atoms with Gasteiger partial charge >= 0.3 is 5.97 Å². The molecule has 4 heteroatoms. The number of cyclic esters (lactones) is 1. The number of rotatable bonds is 1. The van der Waals surface area contributed by atoms with Gasteiger partial charge in [-0.2, -0.15) is 0 Å². The van der Waals surface area contributed by atoms with E-state index in [4.69, 9.17) is 0 Å². The highest BCUT2D eigenvalue weighted by Crippen LogP contribution is 2.24. The van der Waals surface area contributed by atoms with E-state index in [0.29, 0.717) is 5.56 Å². The van der Waals surface area contributed by atoms with Crippen molar-refractivity contribution in [3.8, 4) is 0 Å². The molecule has 1 aliphatic rings. The van der Waals surface area contributed by atoms with Crippen molar-refractivity contribution in [2.45, 2.75) is 0 Å². The van der Waals surface area contributed by atoms with Crippen LogP contribution >= 0.6 is 0 Å². The lowest BCUT2D eigenvalue weighted by Crippen LogP contribution is -1.98. The molecule has 0 saturated carbocycles. The van der Waals surface area contributed by atoms with E-state index in [-0.39, 0.29) is 17.9 Å². The van der Waals surface area contributed by atoms with Crippen LogP contribution in [-0.2, 0) is 9.53 Å². The maximum atomic E-state index is 12.8. The summed E-state index contributed by atoms with van der Waals surface area (Å²) in [4.78, 5) is 11.1. The summed E-state index contributed by atoms with van der Waals surface area (Å²) in [6, 6.07) is 5.46. The van der Waals surface area contributed by atoms with Gasteiger partial charge in [0.25, 0.3) is 0 Å². The first-order valence-corrected chi connectivity index (χ1v) is 4.03. The summed E-state index contributed by atoms with van der Waals surface area (Å²) >= 11 is 0. The summed E-state index contributed by atoms with van der Waals surface area (Å²) < 4.78 is 17.4. The number of benzene rings is 1. The van der Waals surface area contributed by atoms with E-state index < -0.39 is 11.8 Å². The Morgan fingerprint density at radius 1 is 1.43 bits per heavy atom. The SMILES string of the molecule is O=C1OCC(O)=C1c1cccc(F)c1. The van der Waals surface area contributed by atoms with Crippen molar-refractivity contribution in [3.63, 3.8) is 0 Å². The first-order valence-electron chi connectivity index (χ1n) is 4.03. The quantitative estimate of drug-likeness (QED) is 0.691. The van der Waals surface area contributed by atoms with Gasteiger partial charge in [0, 0.05) is 0 Å². The zero-order chi connectivity index (χ0) is 10.1. The van der Waals surface area contributed by atoms with Crippen molar-refractivity contribution in [2.24, 2.45) is 0 Å². The molecule has 0 aromatic heterocycles. The van der Waals surface area contributed by atoms with Crippen molar-refractivity contribution >= 4 is 11.5 Å². The molecule has 0 saturated heterocycles. The van der Waals surface area contributed by atoms with E-state index >= 15 is 0 Å². The summed E-state index contributed by atoms with van der Waals surface area (Å²) in [7, 11) is 0. The molecule has 3 nitrogen and oxygen atoms in total. The molecule has 0 atom stereocenters. The predicted molar refractivity (Wildman–Crippen MR) is 46.9 cm³/mol. The van der Waals surface area contributed by atoms with Gasteiger partial charge in [-0.3, -0.25) is 0 Å². The molecule has 0 amide bonds. The van der Waals surface area contributed by atoms with Crippen molar-refractivity contribution in [3.05, 3.63) is 41.4 Å². The van der Waals surface area contributed by atoms with Crippen LogP contribution in [0.2, 0.25) is 0 Å². The van der Waals surface area contributed by atoms with E-state index in [1.165, 1.54) is 18.2 Å². The van der Waals surface area contributed by atoms with E-state index in [9.17, 15) is 14.3 Å². The molecule has 1 aromatic rings. The zero-order valence-electron chi connectivity index (χ0n) is 7.16. The molecule has 1 N–H and O–H groups in total. The van der Waals surface area contributed by atoms with Crippen LogP contribution in [0.5, 0.6) is 0 Å². The number of aliphatic hydroxyl groups excluding tert-OH is 1. The van der Waals surface area contributed by atoms with Gasteiger partial charge in [0.05, 0.1) is 0 Å². The predicted octanol–water partition coefficient (Wildman–Crippen LogP) is 1.65. The second-order valence-electron chi connectivity index (χ2n) is 2.91. The zero-order valence-corrected chi connectivity index (χ0v) is 7.16. The maximum Gasteiger partial charge on any atom is 0.342 e. The molecule has 14 heavy (non-hydrogen) atoms. The number of halogens is 1. The molecule has 1 aromatic carbocycles. The lowest BCUT2D eigenvalue weighted by molar-refractivity contribution is -0.134. The molecule has 0 bridgehead atoms. The lowest BCUT2D eigenvalue weighted by Gasteiger charge is -1.99. The third kappa shape index (κ3) is 1.35. The van der Waals surface area contributed by atoms with Crippen molar-refractivity contribution in [2.75, 3.05) is 6.61 Å². The Labute approximate surface area is 79.4 Å². The normalized spacial score (nSPS) is 15.9. The smallest absolute Gasteiger partial charge is 0.342 e. The number of esters is 1. The number of hydrogen-bond acceptors (Lipinski definition) is 3. The van der Waals surface area contributed by atoms with E-state index in [0.717, 1.165) is 0 Å². The van der Waals surface area contributed by atoms with Gasteiger partial charge in [-0.25, -0.2) is 9.18 Å². The molecule has 0 radical (unpaired) electrons. The fourth-order valence-corrected chi connectivity index (χ4v) is 1.32. The number of aliphatic hydroxyl groups is 1. The average Bonchev–Trinajstić information content (AvgIpc) is 2.46. The minimum absolute atomic E-state index is 0.0458. The van der Waals surface area contributed by atoms with Crippen LogP contribution < -0.4 is 0 Å². The van der Waals surface area contributed by atoms with Crippen LogP contribution in [-0.4, -0.2) is 17.7 Å². The molecular weight excluding hydrogens is 187 g/mol. The van der Waals surface area contributed by atoms with Crippen LogP contribution in [0.1, 0.15) is 5.56 Å². The summed E-state index contributed by atoms with van der Waals surface area (Å²) in [5.74, 6) is -1.23. The Bertz CT molecular complexity index is 423. The van der Waals surface area contributed by atoms with Gasteiger partial charge in [0.2, 0.25) is 0 Å². The third-order valence-corrected chi connectivity index (χ3v) is 1.95.